The number of methoxy groups -OCH3 is 1. The molecule has 0 spiro atoms. The molecule has 0 aromatic heterocycles. The van der Waals surface area contributed by atoms with E-state index < -0.39 is 5.97 Å². The van der Waals surface area contributed by atoms with Crippen LogP contribution in [0.5, 0.6) is 0 Å². The Morgan fingerprint density at radius 2 is 2.26 bits per heavy atom. The molecule has 1 aromatic rings. The Morgan fingerprint density at radius 1 is 1.58 bits per heavy atom. The van der Waals surface area contributed by atoms with Gasteiger partial charge in [0.15, 0.2) is 11.4 Å². The van der Waals surface area contributed by atoms with Crippen LogP contribution < -0.4 is 5.32 Å². The highest BCUT2D eigenvalue weighted by atomic mass is 35.5. The summed E-state index contributed by atoms with van der Waals surface area (Å²) in [7, 11) is 1.29. The summed E-state index contributed by atoms with van der Waals surface area (Å²) in [4.78, 5) is 15.7. The Morgan fingerprint density at radius 3 is 2.79 bits per heavy atom. The molecule has 1 N–H and O–H groups in total. The zero-order chi connectivity index (χ0) is 14.4. The van der Waals surface area contributed by atoms with Crippen molar-refractivity contribution in [2.24, 2.45) is 4.99 Å². The smallest absolute Gasteiger partial charge is 0.339 e. The van der Waals surface area contributed by atoms with Gasteiger partial charge in [-0.2, -0.15) is 5.26 Å². The topological polar surface area (TPSA) is 74.5 Å². The Bertz CT molecular complexity index is 567. The summed E-state index contributed by atoms with van der Waals surface area (Å²) in [6, 6.07) is 3.18. The Balaban J connectivity index is 3.23. The van der Waals surface area contributed by atoms with Crippen LogP contribution in [-0.4, -0.2) is 24.5 Å². The summed E-state index contributed by atoms with van der Waals surface area (Å²) in [6.07, 6.45) is 3.60. The number of halogens is 1. The standard InChI is InChI=1S/C12H12ClN3O2S/c1-7-4-8(11(17)18-2)9(13)5-10(7)16-12(19-3)15-6-14/h4-5H,1-3H3,(H,15,16). The van der Waals surface area contributed by atoms with Crippen molar-refractivity contribution in [3.63, 3.8) is 0 Å². The van der Waals surface area contributed by atoms with Crippen LogP contribution in [0.3, 0.4) is 0 Å². The average Bonchev–Trinajstić information content (AvgIpc) is 2.40. The van der Waals surface area contributed by atoms with Gasteiger partial charge < -0.3 is 4.74 Å². The monoisotopic (exact) mass is 297 g/mol. The molecule has 1 aromatic carbocycles. The van der Waals surface area contributed by atoms with E-state index in [-0.39, 0.29) is 5.02 Å². The number of carbonyl (C=O) groups is 1. The van der Waals surface area contributed by atoms with Gasteiger partial charge in [-0.05, 0) is 30.9 Å². The highest BCUT2D eigenvalue weighted by molar-refractivity contribution is 8.13. The first-order valence-corrected chi connectivity index (χ1v) is 6.80. The van der Waals surface area contributed by atoms with Gasteiger partial charge in [0.1, 0.15) is 0 Å². The van der Waals surface area contributed by atoms with Gasteiger partial charge in [0.05, 0.1) is 23.4 Å². The van der Waals surface area contributed by atoms with E-state index in [1.54, 1.807) is 31.5 Å². The van der Waals surface area contributed by atoms with E-state index in [1.165, 1.54) is 18.9 Å². The molecule has 0 heterocycles. The largest absolute Gasteiger partial charge is 0.465 e. The average molecular weight is 298 g/mol. The first-order chi connectivity index (χ1) is 9.03. The minimum Gasteiger partial charge on any atom is -0.465 e. The Hall–Kier alpha value is -1.71. The third-order valence-corrected chi connectivity index (χ3v) is 3.16. The van der Waals surface area contributed by atoms with Crippen LogP contribution in [0, 0.1) is 18.4 Å². The quantitative estimate of drug-likeness (QED) is 0.299. The van der Waals surface area contributed by atoms with Crippen molar-refractivity contribution < 1.29 is 9.53 Å². The fraction of sp³-hybridized carbons (Fsp3) is 0.250. The van der Waals surface area contributed by atoms with Crippen LogP contribution in [0.15, 0.2) is 17.1 Å². The maximum Gasteiger partial charge on any atom is 0.339 e. The number of nitrogens with zero attached hydrogens (tertiary/aromatic N) is 2. The van der Waals surface area contributed by atoms with Crippen molar-refractivity contribution in [1.29, 1.82) is 5.26 Å². The zero-order valence-electron chi connectivity index (χ0n) is 10.7. The van der Waals surface area contributed by atoms with Crippen molar-refractivity contribution in [1.82, 2.24) is 5.32 Å². The van der Waals surface area contributed by atoms with E-state index in [0.717, 1.165) is 5.56 Å². The van der Waals surface area contributed by atoms with Crippen LogP contribution in [0.4, 0.5) is 5.69 Å². The van der Waals surface area contributed by atoms with E-state index in [4.69, 9.17) is 16.9 Å². The van der Waals surface area contributed by atoms with Crippen molar-refractivity contribution in [3.8, 4) is 6.19 Å². The summed E-state index contributed by atoms with van der Waals surface area (Å²) < 4.78 is 4.63. The number of ether oxygens (including phenoxy) is 1. The number of hydrogen-bond acceptors (Lipinski definition) is 5. The number of amidine groups is 1. The summed E-state index contributed by atoms with van der Waals surface area (Å²) in [5.41, 5.74) is 1.64. The van der Waals surface area contributed by atoms with Gasteiger partial charge >= 0.3 is 5.97 Å². The maximum atomic E-state index is 11.5. The predicted octanol–water partition coefficient (Wildman–Crippen LogP) is 2.86. The maximum absolute atomic E-state index is 11.5. The molecular formula is C12H12ClN3O2S. The predicted molar refractivity (Wildman–Crippen MR) is 76.9 cm³/mol. The molecule has 0 fully saturated rings. The summed E-state index contributed by atoms with van der Waals surface area (Å²) in [6.45, 7) is 1.80. The molecule has 1 rings (SSSR count). The summed E-state index contributed by atoms with van der Waals surface area (Å²) in [5.74, 6) is -0.496. The first-order valence-electron chi connectivity index (χ1n) is 5.19. The van der Waals surface area contributed by atoms with E-state index >= 15 is 0 Å². The SMILES string of the molecule is COC(=O)c1cc(C)c(N=C(NC#N)SC)cc1Cl. The zero-order valence-corrected chi connectivity index (χ0v) is 12.2. The molecule has 19 heavy (non-hydrogen) atoms. The molecule has 0 atom stereocenters. The van der Waals surface area contributed by atoms with E-state index in [0.29, 0.717) is 16.4 Å². The summed E-state index contributed by atoms with van der Waals surface area (Å²) in [5, 5.41) is 11.7. The van der Waals surface area contributed by atoms with Crippen molar-refractivity contribution >= 4 is 40.2 Å². The van der Waals surface area contributed by atoms with Crippen molar-refractivity contribution in [2.45, 2.75) is 6.92 Å². The third-order valence-electron chi connectivity index (χ3n) is 2.27. The van der Waals surface area contributed by atoms with Crippen molar-refractivity contribution in [3.05, 3.63) is 28.3 Å². The van der Waals surface area contributed by atoms with Crippen LogP contribution in [0.1, 0.15) is 15.9 Å². The second kappa shape index (κ2) is 7.02. The normalized spacial score (nSPS) is 10.8. The molecule has 0 bridgehead atoms. The lowest BCUT2D eigenvalue weighted by atomic mass is 10.1. The number of rotatable bonds is 2. The molecular weight excluding hydrogens is 286 g/mol. The molecule has 5 nitrogen and oxygen atoms in total. The lowest BCUT2D eigenvalue weighted by Crippen LogP contribution is -2.12. The van der Waals surface area contributed by atoms with Gasteiger partial charge in [-0.25, -0.2) is 9.79 Å². The number of nitrogens with one attached hydrogen (secondary N) is 1. The van der Waals surface area contributed by atoms with Gasteiger partial charge in [0, 0.05) is 0 Å². The fourth-order valence-corrected chi connectivity index (χ4v) is 1.91. The Labute approximate surface area is 120 Å². The van der Waals surface area contributed by atoms with E-state index in [2.05, 4.69) is 15.0 Å². The number of carbonyl (C=O) groups excluding carboxylic acids is 1. The fourth-order valence-electron chi connectivity index (χ4n) is 1.34. The van der Waals surface area contributed by atoms with Gasteiger partial charge in [0.2, 0.25) is 0 Å². The second-order valence-electron chi connectivity index (χ2n) is 3.47. The number of benzene rings is 1. The van der Waals surface area contributed by atoms with Gasteiger partial charge in [-0.3, -0.25) is 5.32 Å². The molecule has 0 amide bonds. The molecule has 0 radical (unpaired) electrons. The van der Waals surface area contributed by atoms with Gasteiger partial charge in [0.25, 0.3) is 0 Å². The number of nitriles is 1. The van der Waals surface area contributed by atoms with E-state index in [1.807, 2.05) is 0 Å². The van der Waals surface area contributed by atoms with Crippen LogP contribution >= 0.6 is 23.4 Å². The van der Waals surface area contributed by atoms with Gasteiger partial charge in [-0.15, -0.1) is 0 Å². The molecule has 0 saturated carbocycles. The lowest BCUT2D eigenvalue weighted by molar-refractivity contribution is 0.0601. The minimum atomic E-state index is -0.496. The number of thioether (sulfide) groups is 1. The highest BCUT2D eigenvalue weighted by Gasteiger charge is 2.13. The molecule has 0 aliphatic heterocycles. The van der Waals surface area contributed by atoms with E-state index in [9.17, 15) is 4.79 Å². The second-order valence-corrected chi connectivity index (χ2v) is 4.67. The van der Waals surface area contributed by atoms with Crippen LogP contribution in [-0.2, 0) is 4.74 Å². The minimum absolute atomic E-state index is 0.258. The molecule has 0 aliphatic rings. The highest BCUT2D eigenvalue weighted by Crippen LogP contribution is 2.28. The number of aryl methyl sites for hydroxylation is 1. The molecule has 100 valence electrons. The molecule has 0 unspecified atom stereocenters. The number of hydrogen-bond donors (Lipinski definition) is 1. The van der Waals surface area contributed by atoms with Crippen LogP contribution in [0.2, 0.25) is 5.02 Å². The van der Waals surface area contributed by atoms with Crippen molar-refractivity contribution in [2.75, 3.05) is 13.4 Å². The summed E-state index contributed by atoms with van der Waals surface area (Å²) >= 11 is 7.32. The van der Waals surface area contributed by atoms with Crippen LogP contribution in [0.25, 0.3) is 0 Å². The molecule has 0 aliphatic carbocycles. The number of esters is 1. The Kier molecular flexibility index (Phi) is 5.67. The molecule has 7 heteroatoms. The molecule has 0 saturated heterocycles. The number of aliphatic imine (C=N–C) groups is 1. The van der Waals surface area contributed by atoms with Gasteiger partial charge in [-0.1, -0.05) is 23.4 Å². The lowest BCUT2D eigenvalue weighted by Gasteiger charge is -2.07. The first kappa shape index (κ1) is 15.3. The third kappa shape index (κ3) is 3.88.